The molecule has 2 heterocycles. The van der Waals surface area contributed by atoms with Gasteiger partial charge in [-0.3, -0.25) is 14.6 Å². The molecular formula is C22H24N4O2. The first-order valence-electron chi connectivity index (χ1n) is 9.56. The number of benzene rings is 1. The number of hydrogen-bond acceptors (Lipinski definition) is 4. The molecule has 28 heavy (non-hydrogen) atoms. The number of rotatable bonds is 9. The van der Waals surface area contributed by atoms with Crippen LogP contribution in [0.15, 0.2) is 65.7 Å². The van der Waals surface area contributed by atoms with Crippen molar-refractivity contribution in [3.05, 3.63) is 82.4 Å². The van der Waals surface area contributed by atoms with Gasteiger partial charge in [0.15, 0.2) is 0 Å². The van der Waals surface area contributed by atoms with E-state index in [1.165, 1.54) is 11.6 Å². The smallest absolute Gasteiger partial charge is 0.264 e. The highest BCUT2D eigenvalue weighted by Gasteiger charge is 2.03. The van der Waals surface area contributed by atoms with Crippen molar-refractivity contribution >= 4 is 5.91 Å². The molecule has 6 nitrogen and oxygen atoms in total. The monoisotopic (exact) mass is 376 g/mol. The second-order valence-corrected chi connectivity index (χ2v) is 6.67. The normalized spacial score (nSPS) is 10.6. The van der Waals surface area contributed by atoms with E-state index in [0.29, 0.717) is 12.1 Å². The van der Waals surface area contributed by atoms with Crippen LogP contribution in [-0.4, -0.2) is 27.6 Å². The van der Waals surface area contributed by atoms with E-state index < -0.39 is 0 Å². The van der Waals surface area contributed by atoms with E-state index in [4.69, 9.17) is 0 Å². The lowest BCUT2D eigenvalue weighted by Crippen LogP contribution is -2.24. The van der Waals surface area contributed by atoms with Gasteiger partial charge in [-0.05, 0) is 43.0 Å². The fraction of sp³-hybridized carbons (Fsp3) is 0.273. The van der Waals surface area contributed by atoms with Gasteiger partial charge in [0.1, 0.15) is 0 Å². The molecule has 0 saturated carbocycles. The summed E-state index contributed by atoms with van der Waals surface area (Å²) in [7, 11) is 0. The summed E-state index contributed by atoms with van der Waals surface area (Å²) in [6, 6.07) is 15.0. The van der Waals surface area contributed by atoms with Crippen LogP contribution >= 0.6 is 0 Å². The molecule has 0 fully saturated rings. The van der Waals surface area contributed by atoms with E-state index in [-0.39, 0.29) is 11.5 Å². The van der Waals surface area contributed by atoms with Gasteiger partial charge in [-0.25, -0.2) is 5.10 Å². The number of unbranched alkanes of at least 4 members (excludes halogenated alkanes) is 3. The number of hydrogen-bond donors (Lipinski definition) is 2. The molecule has 0 aliphatic rings. The standard InChI is InChI=1S/C22H24N4O2/c27-21-13-12-20(25-26-21)18-10-8-17(9-11-18)6-3-1-2-4-15-24-22(28)19-7-5-14-23-16-19/h5,7-14,16H,1-4,6,15H2,(H,24,28)(H,26,27). The number of amides is 1. The SMILES string of the molecule is O=C(NCCCCCCc1ccc(-c2ccc(=O)[nH]n2)cc1)c1cccnc1. The summed E-state index contributed by atoms with van der Waals surface area (Å²) in [5, 5.41) is 9.42. The summed E-state index contributed by atoms with van der Waals surface area (Å²) in [5.41, 5.74) is 3.45. The second-order valence-electron chi connectivity index (χ2n) is 6.67. The minimum atomic E-state index is -0.197. The Kier molecular flexibility index (Phi) is 7.07. The fourth-order valence-electron chi connectivity index (χ4n) is 2.96. The van der Waals surface area contributed by atoms with Crippen molar-refractivity contribution < 1.29 is 4.79 Å². The molecule has 3 aromatic rings. The van der Waals surface area contributed by atoms with Crippen LogP contribution in [0.3, 0.4) is 0 Å². The molecule has 0 radical (unpaired) electrons. The summed E-state index contributed by atoms with van der Waals surface area (Å²) < 4.78 is 0. The lowest BCUT2D eigenvalue weighted by Gasteiger charge is -2.06. The van der Waals surface area contributed by atoms with Crippen molar-refractivity contribution in [2.45, 2.75) is 32.1 Å². The topological polar surface area (TPSA) is 87.7 Å². The number of aromatic amines is 1. The predicted molar refractivity (Wildman–Crippen MR) is 109 cm³/mol. The molecule has 1 amide bonds. The van der Waals surface area contributed by atoms with Gasteiger partial charge in [-0.15, -0.1) is 0 Å². The van der Waals surface area contributed by atoms with Crippen molar-refractivity contribution in [1.82, 2.24) is 20.5 Å². The van der Waals surface area contributed by atoms with Gasteiger partial charge in [0, 0.05) is 30.6 Å². The molecule has 2 aromatic heterocycles. The van der Waals surface area contributed by atoms with Crippen molar-refractivity contribution in [3.8, 4) is 11.3 Å². The average molecular weight is 376 g/mol. The third-order valence-electron chi connectivity index (χ3n) is 4.53. The first kappa shape index (κ1) is 19.5. The molecule has 1 aromatic carbocycles. The summed E-state index contributed by atoms with van der Waals surface area (Å²) in [6.07, 6.45) is 8.58. The number of nitrogens with one attached hydrogen (secondary N) is 2. The van der Waals surface area contributed by atoms with E-state index >= 15 is 0 Å². The molecule has 3 rings (SSSR count). The number of H-pyrrole nitrogens is 1. The largest absolute Gasteiger partial charge is 0.352 e. The maximum absolute atomic E-state index is 11.9. The van der Waals surface area contributed by atoms with E-state index in [2.05, 4.69) is 32.6 Å². The van der Waals surface area contributed by atoms with Crippen molar-refractivity contribution in [2.24, 2.45) is 0 Å². The highest BCUT2D eigenvalue weighted by atomic mass is 16.1. The lowest BCUT2D eigenvalue weighted by atomic mass is 10.0. The number of aromatic nitrogens is 3. The van der Waals surface area contributed by atoms with Crippen molar-refractivity contribution in [1.29, 1.82) is 0 Å². The number of pyridine rings is 1. The number of carbonyl (C=O) groups excluding carboxylic acids is 1. The fourth-order valence-corrected chi connectivity index (χ4v) is 2.96. The number of aryl methyl sites for hydroxylation is 1. The van der Waals surface area contributed by atoms with Gasteiger partial charge in [0.25, 0.3) is 11.5 Å². The van der Waals surface area contributed by atoms with Crippen LogP contribution in [0.2, 0.25) is 0 Å². The van der Waals surface area contributed by atoms with E-state index in [0.717, 1.165) is 43.4 Å². The maximum Gasteiger partial charge on any atom is 0.264 e. The Bertz CT molecular complexity index is 916. The summed E-state index contributed by atoms with van der Waals surface area (Å²) in [4.78, 5) is 26.9. The maximum atomic E-state index is 11.9. The van der Waals surface area contributed by atoms with Crippen LogP contribution in [-0.2, 0) is 6.42 Å². The first-order chi connectivity index (χ1) is 13.7. The summed E-state index contributed by atoms with van der Waals surface area (Å²) in [5.74, 6) is -0.0647. The van der Waals surface area contributed by atoms with Gasteiger partial charge in [-0.1, -0.05) is 37.1 Å². The van der Waals surface area contributed by atoms with E-state index in [1.807, 2.05) is 12.1 Å². The molecule has 0 atom stereocenters. The van der Waals surface area contributed by atoms with Crippen molar-refractivity contribution in [3.63, 3.8) is 0 Å². The Hall–Kier alpha value is -3.28. The molecule has 0 aliphatic heterocycles. The Labute approximate surface area is 164 Å². The molecule has 0 bridgehead atoms. The average Bonchev–Trinajstić information content (AvgIpc) is 2.74. The molecule has 0 saturated heterocycles. The molecule has 2 N–H and O–H groups in total. The minimum Gasteiger partial charge on any atom is -0.352 e. The second kappa shape index (κ2) is 10.2. The van der Waals surface area contributed by atoms with Crippen LogP contribution in [0, 0.1) is 0 Å². The number of carbonyl (C=O) groups is 1. The van der Waals surface area contributed by atoms with Crippen LogP contribution in [0.25, 0.3) is 11.3 Å². The molecule has 6 heteroatoms. The zero-order valence-corrected chi connectivity index (χ0v) is 15.7. The quantitative estimate of drug-likeness (QED) is 0.561. The Morgan fingerprint density at radius 3 is 2.50 bits per heavy atom. The molecule has 144 valence electrons. The minimum absolute atomic E-state index is 0.0647. The molecule has 0 spiro atoms. The van der Waals surface area contributed by atoms with Crippen LogP contribution in [0.5, 0.6) is 0 Å². The third kappa shape index (κ3) is 5.87. The van der Waals surface area contributed by atoms with E-state index in [9.17, 15) is 9.59 Å². The Morgan fingerprint density at radius 1 is 0.964 bits per heavy atom. The Morgan fingerprint density at radius 2 is 1.79 bits per heavy atom. The van der Waals surface area contributed by atoms with Gasteiger partial charge < -0.3 is 5.32 Å². The van der Waals surface area contributed by atoms with Crippen LogP contribution in [0.4, 0.5) is 0 Å². The number of nitrogens with zero attached hydrogens (tertiary/aromatic N) is 2. The van der Waals surface area contributed by atoms with Gasteiger partial charge in [0.05, 0.1) is 11.3 Å². The summed E-state index contributed by atoms with van der Waals surface area (Å²) >= 11 is 0. The Balaban J connectivity index is 1.31. The zero-order chi connectivity index (χ0) is 19.6. The van der Waals surface area contributed by atoms with Gasteiger partial charge in [0.2, 0.25) is 0 Å². The molecule has 0 unspecified atom stereocenters. The zero-order valence-electron chi connectivity index (χ0n) is 15.7. The molecule has 0 aliphatic carbocycles. The summed E-state index contributed by atoms with van der Waals surface area (Å²) in [6.45, 7) is 0.689. The lowest BCUT2D eigenvalue weighted by molar-refractivity contribution is 0.0952. The van der Waals surface area contributed by atoms with Crippen LogP contribution < -0.4 is 10.9 Å². The van der Waals surface area contributed by atoms with Gasteiger partial charge in [-0.2, -0.15) is 5.10 Å². The third-order valence-corrected chi connectivity index (χ3v) is 4.53. The molecular weight excluding hydrogens is 352 g/mol. The first-order valence-corrected chi connectivity index (χ1v) is 9.56. The predicted octanol–water partition coefficient (Wildman–Crippen LogP) is 3.36. The highest BCUT2D eigenvalue weighted by molar-refractivity contribution is 5.93. The highest BCUT2D eigenvalue weighted by Crippen LogP contribution is 2.17. The van der Waals surface area contributed by atoms with E-state index in [1.54, 1.807) is 30.6 Å². The van der Waals surface area contributed by atoms with Gasteiger partial charge >= 0.3 is 0 Å². The van der Waals surface area contributed by atoms with Crippen LogP contribution in [0.1, 0.15) is 41.6 Å². The van der Waals surface area contributed by atoms with Crippen molar-refractivity contribution in [2.75, 3.05) is 6.54 Å².